The highest BCUT2D eigenvalue weighted by Crippen LogP contribution is 2.01. The van der Waals surface area contributed by atoms with Crippen molar-refractivity contribution in [1.29, 1.82) is 0 Å². The number of allylic oxidation sites excluding steroid dienone is 2. The van der Waals surface area contributed by atoms with Crippen LogP contribution < -0.4 is 0 Å². The molecule has 0 heterocycles. The Balaban J connectivity index is 2.76. The van der Waals surface area contributed by atoms with E-state index in [1.54, 1.807) is 6.08 Å². The standard InChI is InChI=1S/C13H14N2/c1-3-4-8-11-15-13(14-2)12-9-6-5-7-10-12/h3-10H,1-2,11H2/b8-4+,15-13?. The normalized spacial score (nSPS) is 11.6. The molecule has 0 atom stereocenters. The smallest absolute Gasteiger partial charge is 0.154 e. The minimum Gasteiger partial charge on any atom is -0.262 e. The number of nitrogens with zero attached hydrogens (tertiary/aromatic N) is 2. The molecule has 0 amide bonds. The summed E-state index contributed by atoms with van der Waals surface area (Å²) in [5, 5.41) is 0. The highest BCUT2D eigenvalue weighted by atomic mass is 14.9. The van der Waals surface area contributed by atoms with Gasteiger partial charge in [0.05, 0.1) is 6.54 Å². The number of rotatable bonds is 4. The van der Waals surface area contributed by atoms with Gasteiger partial charge in [-0.1, -0.05) is 55.1 Å². The molecule has 0 unspecified atom stereocenters. The van der Waals surface area contributed by atoms with Gasteiger partial charge in [-0.3, -0.25) is 4.99 Å². The third-order valence-electron chi connectivity index (χ3n) is 1.80. The second-order valence-electron chi connectivity index (χ2n) is 2.85. The number of hydrogen-bond acceptors (Lipinski definition) is 1. The first-order chi connectivity index (χ1) is 7.38. The highest BCUT2D eigenvalue weighted by molar-refractivity contribution is 6.01. The van der Waals surface area contributed by atoms with E-state index in [4.69, 9.17) is 0 Å². The molecule has 1 aromatic carbocycles. The molecular weight excluding hydrogens is 184 g/mol. The maximum absolute atomic E-state index is 4.30. The van der Waals surface area contributed by atoms with Crippen molar-refractivity contribution in [1.82, 2.24) is 0 Å². The maximum atomic E-state index is 4.30. The van der Waals surface area contributed by atoms with E-state index in [1.165, 1.54) is 0 Å². The van der Waals surface area contributed by atoms with Crippen molar-refractivity contribution in [3.63, 3.8) is 0 Å². The van der Waals surface area contributed by atoms with E-state index in [-0.39, 0.29) is 0 Å². The van der Waals surface area contributed by atoms with Crippen LogP contribution in [-0.4, -0.2) is 19.1 Å². The Morgan fingerprint density at radius 3 is 2.60 bits per heavy atom. The highest BCUT2D eigenvalue weighted by Gasteiger charge is 1.96. The Morgan fingerprint density at radius 2 is 2.00 bits per heavy atom. The van der Waals surface area contributed by atoms with E-state index in [0.29, 0.717) is 12.4 Å². The molecular formula is C13H14N2. The minimum absolute atomic E-state index is 0.593. The predicted octanol–water partition coefficient (Wildman–Crippen LogP) is 2.88. The van der Waals surface area contributed by atoms with Crippen molar-refractivity contribution in [2.45, 2.75) is 0 Å². The van der Waals surface area contributed by atoms with Crippen molar-refractivity contribution in [3.05, 3.63) is 60.7 Å². The van der Waals surface area contributed by atoms with Gasteiger partial charge in [0.2, 0.25) is 0 Å². The van der Waals surface area contributed by atoms with Gasteiger partial charge in [0.25, 0.3) is 0 Å². The van der Waals surface area contributed by atoms with Crippen molar-refractivity contribution in [2.24, 2.45) is 9.98 Å². The molecule has 0 fully saturated rings. The van der Waals surface area contributed by atoms with Crippen molar-refractivity contribution in [2.75, 3.05) is 6.54 Å². The molecule has 2 nitrogen and oxygen atoms in total. The van der Waals surface area contributed by atoms with Crippen LogP contribution in [0.4, 0.5) is 0 Å². The Labute approximate surface area is 90.4 Å². The lowest BCUT2D eigenvalue weighted by atomic mass is 10.2. The predicted molar refractivity (Wildman–Crippen MR) is 66.7 cm³/mol. The van der Waals surface area contributed by atoms with Crippen LogP contribution in [0.15, 0.2) is 65.1 Å². The molecule has 0 N–H and O–H groups in total. The molecule has 2 heteroatoms. The lowest BCUT2D eigenvalue weighted by Crippen LogP contribution is -1.96. The quantitative estimate of drug-likeness (QED) is 0.404. The summed E-state index contributed by atoms with van der Waals surface area (Å²) >= 11 is 0. The van der Waals surface area contributed by atoms with E-state index >= 15 is 0 Å². The van der Waals surface area contributed by atoms with Gasteiger partial charge in [-0.2, -0.15) is 0 Å². The van der Waals surface area contributed by atoms with Crippen LogP contribution in [-0.2, 0) is 0 Å². The SMILES string of the molecule is C=C/C=C/CN=C(N=C)c1ccccc1. The van der Waals surface area contributed by atoms with E-state index in [1.807, 2.05) is 42.5 Å². The fraction of sp³-hybridized carbons (Fsp3) is 0.0769. The minimum atomic E-state index is 0.593. The van der Waals surface area contributed by atoms with Crippen molar-refractivity contribution >= 4 is 12.6 Å². The van der Waals surface area contributed by atoms with Crippen LogP contribution >= 0.6 is 0 Å². The van der Waals surface area contributed by atoms with Gasteiger partial charge < -0.3 is 0 Å². The van der Waals surface area contributed by atoms with Gasteiger partial charge in [-0.15, -0.1) is 0 Å². The second-order valence-corrected chi connectivity index (χ2v) is 2.85. The molecule has 1 rings (SSSR count). The van der Waals surface area contributed by atoms with Crippen LogP contribution in [0.3, 0.4) is 0 Å². The van der Waals surface area contributed by atoms with Gasteiger partial charge in [0, 0.05) is 5.56 Å². The molecule has 0 spiro atoms. The third kappa shape index (κ3) is 3.73. The lowest BCUT2D eigenvalue weighted by Gasteiger charge is -1.98. The van der Waals surface area contributed by atoms with E-state index in [0.717, 1.165) is 5.56 Å². The van der Waals surface area contributed by atoms with Crippen molar-refractivity contribution in [3.8, 4) is 0 Å². The zero-order valence-electron chi connectivity index (χ0n) is 8.63. The van der Waals surface area contributed by atoms with Gasteiger partial charge in [-0.25, -0.2) is 4.99 Å². The molecule has 76 valence electrons. The summed E-state index contributed by atoms with van der Waals surface area (Å²) in [6.45, 7) is 7.69. The van der Waals surface area contributed by atoms with Gasteiger partial charge >= 0.3 is 0 Å². The van der Waals surface area contributed by atoms with Crippen LogP contribution in [0.2, 0.25) is 0 Å². The van der Waals surface area contributed by atoms with Crippen LogP contribution in [0, 0.1) is 0 Å². The molecule has 0 saturated heterocycles. The Hall–Kier alpha value is -1.96. The Kier molecular flexibility index (Phi) is 4.81. The molecule has 0 aliphatic carbocycles. The first-order valence-corrected chi connectivity index (χ1v) is 4.72. The van der Waals surface area contributed by atoms with Gasteiger partial charge in [-0.05, 0) is 6.72 Å². The summed E-state index contributed by atoms with van der Waals surface area (Å²) in [7, 11) is 0. The van der Waals surface area contributed by atoms with E-state index in [2.05, 4.69) is 23.3 Å². The second kappa shape index (κ2) is 6.49. The molecule has 0 bridgehead atoms. The fourth-order valence-corrected chi connectivity index (χ4v) is 1.12. The largest absolute Gasteiger partial charge is 0.262 e. The topological polar surface area (TPSA) is 24.7 Å². The van der Waals surface area contributed by atoms with Crippen molar-refractivity contribution < 1.29 is 0 Å². The number of hydrogen-bond donors (Lipinski definition) is 0. The molecule has 0 radical (unpaired) electrons. The first kappa shape index (κ1) is 11.1. The zero-order chi connectivity index (χ0) is 10.9. The summed E-state index contributed by atoms with van der Waals surface area (Å²) < 4.78 is 0. The lowest BCUT2D eigenvalue weighted by molar-refractivity contribution is 1.23. The molecule has 15 heavy (non-hydrogen) atoms. The molecule has 0 aliphatic heterocycles. The monoisotopic (exact) mass is 198 g/mol. The molecule has 0 saturated carbocycles. The number of benzene rings is 1. The molecule has 1 aromatic rings. The van der Waals surface area contributed by atoms with Crippen LogP contribution in [0.1, 0.15) is 5.56 Å². The Bertz CT molecular complexity index is 375. The summed E-state index contributed by atoms with van der Waals surface area (Å²) in [5.41, 5.74) is 0.986. The van der Waals surface area contributed by atoms with E-state index < -0.39 is 0 Å². The van der Waals surface area contributed by atoms with Crippen LogP contribution in [0.5, 0.6) is 0 Å². The van der Waals surface area contributed by atoms with E-state index in [9.17, 15) is 0 Å². The third-order valence-corrected chi connectivity index (χ3v) is 1.80. The summed E-state index contributed by atoms with van der Waals surface area (Å²) in [4.78, 5) is 8.20. The average molecular weight is 198 g/mol. The molecule has 0 aromatic heterocycles. The fourth-order valence-electron chi connectivity index (χ4n) is 1.12. The average Bonchev–Trinajstić information content (AvgIpc) is 2.30. The van der Waals surface area contributed by atoms with Gasteiger partial charge in [0.1, 0.15) is 0 Å². The van der Waals surface area contributed by atoms with Crippen LogP contribution in [0.25, 0.3) is 0 Å². The van der Waals surface area contributed by atoms with Gasteiger partial charge in [0.15, 0.2) is 5.84 Å². The number of aliphatic imine (C=N–C) groups is 2. The summed E-state index contributed by atoms with van der Waals surface area (Å²) in [6.07, 6.45) is 5.50. The maximum Gasteiger partial charge on any atom is 0.154 e. The Morgan fingerprint density at radius 1 is 1.27 bits per heavy atom. The summed E-state index contributed by atoms with van der Waals surface area (Å²) in [5.74, 6) is 0.671. The molecule has 0 aliphatic rings. The number of amidine groups is 1. The first-order valence-electron chi connectivity index (χ1n) is 4.72. The summed E-state index contributed by atoms with van der Waals surface area (Å²) in [6, 6.07) is 9.79. The zero-order valence-corrected chi connectivity index (χ0v) is 8.63.